The first kappa shape index (κ1) is 15.5. The van der Waals surface area contributed by atoms with Gasteiger partial charge in [-0.1, -0.05) is 0 Å². The van der Waals surface area contributed by atoms with Crippen LogP contribution in [0.15, 0.2) is 17.2 Å². The van der Waals surface area contributed by atoms with Crippen LogP contribution < -0.4 is 10.0 Å². The Hall–Kier alpha value is -1.87. The van der Waals surface area contributed by atoms with Gasteiger partial charge in [0.25, 0.3) is 0 Å². The van der Waals surface area contributed by atoms with E-state index in [9.17, 15) is 18.0 Å². The summed E-state index contributed by atoms with van der Waals surface area (Å²) in [7, 11) is -2.36. The second kappa shape index (κ2) is 5.86. The normalized spacial score (nSPS) is 14.9. The fourth-order valence-electron chi connectivity index (χ4n) is 1.93. The molecule has 3 N–H and O–H groups in total. The minimum atomic E-state index is -3.82. The van der Waals surface area contributed by atoms with Crippen molar-refractivity contribution < 1.29 is 23.1 Å². The lowest BCUT2D eigenvalue weighted by Crippen LogP contribution is -2.29. The lowest BCUT2D eigenvalue weighted by Gasteiger charge is -2.04. The molecular weight excluding hydrogens is 298 g/mol. The van der Waals surface area contributed by atoms with E-state index in [1.165, 1.54) is 17.8 Å². The Morgan fingerprint density at radius 1 is 1.43 bits per heavy atom. The lowest BCUT2D eigenvalue weighted by atomic mass is 10.4. The Bertz CT molecular complexity index is 660. The van der Waals surface area contributed by atoms with Gasteiger partial charge in [-0.2, -0.15) is 0 Å². The summed E-state index contributed by atoms with van der Waals surface area (Å²) >= 11 is 0. The predicted octanol–water partition coefficient (Wildman–Crippen LogP) is -0.0644. The summed E-state index contributed by atoms with van der Waals surface area (Å²) in [5.41, 5.74) is -0.0378. The molecule has 1 aromatic heterocycles. The van der Waals surface area contributed by atoms with E-state index in [2.05, 4.69) is 10.0 Å². The number of hydrogen-bond acceptors (Lipinski definition) is 4. The van der Waals surface area contributed by atoms with Crippen LogP contribution in [0.5, 0.6) is 0 Å². The van der Waals surface area contributed by atoms with Gasteiger partial charge in [-0.15, -0.1) is 0 Å². The maximum Gasteiger partial charge on any atom is 0.352 e. The highest BCUT2D eigenvalue weighted by Gasteiger charge is 2.30. The van der Waals surface area contributed by atoms with Crippen LogP contribution in [0, 0.1) is 0 Å². The number of carboxylic acid groups (broad SMARTS) is 1. The molecule has 21 heavy (non-hydrogen) atoms. The van der Waals surface area contributed by atoms with Gasteiger partial charge in [-0.3, -0.25) is 4.79 Å². The van der Waals surface area contributed by atoms with E-state index in [1.54, 1.807) is 0 Å². The van der Waals surface area contributed by atoms with Crippen LogP contribution in [0.4, 0.5) is 0 Å². The second-order valence-corrected chi connectivity index (χ2v) is 6.59. The van der Waals surface area contributed by atoms with Gasteiger partial charge in [-0.25, -0.2) is 17.9 Å². The minimum Gasteiger partial charge on any atom is -0.477 e. The van der Waals surface area contributed by atoms with Gasteiger partial charge in [0.1, 0.15) is 10.6 Å². The van der Waals surface area contributed by atoms with Crippen LogP contribution in [0.2, 0.25) is 0 Å². The molecule has 9 heteroatoms. The summed E-state index contributed by atoms with van der Waals surface area (Å²) < 4.78 is 27.9. The van der Waals surface area contributed by atoms with Crippen LogP contribution >= 0.6 is 0 Å². The molecule has 0 aliphatic heterocycles. The maximum atomic E-state index is 12.1. The lowest BCUT2D eigenvalue weighted by molar-refractivity contribution is -0.120. The van der Waals surface area contributed by atoms with Gasteiger partial charge in [0.2, 0.25) is 15.9 Å². The number of rotatable bonds is 7. The Kier molecular flexibility index (Phi) is 4.33. The largest absolute Gasteiger partial charge is 0.477 e. The highest BCUT2D eigenvalue weighted by molar-refractivity contribution is 7.89. The molecule has 0 atom stereocenters. The van der Waals surface area contributed by atoms with E-state index in [-0.39, 0.29) is 35.5 Å². The zero-order valence-corrected chi connectivity index (χ0v) is 12.3. The number of aromatic carboxylic acids is 1. The molecule has 1 aliphatic carbocycles. The van der Waals surface area contributed by atoms with Gasteiger partial charge in [-0.05, 0) is 18.9 Å². The number of carbonyl (C=O) groups is 2. The summed E-state index contributed by atoms with van der Waals surface area (Å²) in [6.07, 6.45) is 3.05. The average molecular weight is 315 g/mol. The number of carboxylic acids is 1. The standard InChI is InChI=1S/C12H17N3O5S/c1-13-11(16)4-5-14-21(19,20)9-6-10(12(17)18)15(7-9)8-2-3-8/h6-8,14H,2-5H2,1H3,(H,13,16)(H,17,18). The third kappa shape index (κ3) is 3.61. The molecule has 0 spiro atoms. The summed E-state index contributed by atoms with van der Waals surface area (Å²) in [5, 5.41) is 11.5. The van der Waals surface area contributed by atoms with Gasteiger partial charge >= 0.3 is 5.97 Å². The van der Waals surface area contributed by atoms with E-state index in [4.69, 9.17) is 5.11 Å². The molecule has 2 rings (SSSR count). The zero-order valence-electron chi connectivity index (χ0n) is 11.5. The molecular formula is C12H17N3O5S. The topological polar surface area (TPSA) is 118 Å². The zero-order chi connectivity index (χ0) is 15.6. The SMILES string of the molecule is CNC(=O)CCNS(=O)(=O)c1cc(C(=O)O)n(C2CC2)c1. The van der Waals surface area contributed by atoms with Gasteiger partial charge in [0.05, 0.1) is 0 Å². The van der Waals surface area contributed by atoms with E-state index in [1.807, 2.05) is 0 Å². The van der Waals surface area contributed by atoms with Crippen molar-refractivity contribution >= 4 is 21.9 Å². The van der Waals surface area contributed by atoms with Crippen molar-refractivity contribution in [2.75, 3.05) is 13.6 Å². The Labute approximate surface area is 122 Å². The van der Waals surface area contributed by atoms with Crippen molar-refractivity contribution in [1.29, 1.82) is 0 Å². The van der Waals surface area contributed by atoms with Gasteiger partial charge < -0.3 is 15.0 Å². The highest BCUT2D eigenvalue weighted by atomic mass is 32.2. The highest BCUT2D eigenvalue weighted by Crippen LogP contribution is 2.37. The van der Waals surface area contributed by atoms with Crippen LogP contribution in [0.1, 0.15) is 35.8 Å². The quantitative estimate of drug-likeness (QED) is 0.651. The molecule has 0 aromatic carbocycles. The van der Waals surface area contributed by atoms with Crippen molar-refractivity contribution in [3.05, 3.63) is 18.0 Å². The molecule has 0 bridgehead atoms. The van der Waals surface area contributed by atoms with E-state index in [0.29, 0.717) is 0 Å². The van der Waals surface area contributed by atoms with Crippen LogP contribution in [0.3, 0.4) is 0 Å². The number of hydrogen-bond donors (Lipinski definition) is 3. The van der Waals surface area contributed by atoms with Crippen LogP contribution in [-0.4, -0.2) is 43.6 Å². The molecule has 0 saturated heterocycles. The summed E-state index contributed by atoms with van der Waals surface area (Å²) in [6, 6.07) is 1.20. The van der Waals surface area contributed by atoms with E-state index in [0.717, 1.165) is 18.9 Å². The molecule has 1 aliphatic rings. The number of nitrogens with zero attached hydrogens (tertiary/aromatic N) is 1. The number of aromatic nitrogens is 1. The average Bonchev–Trinajstić information content (AvgIpc) is 3.15. The summed E-state index contributed by atoms with van der Waals surface area (Å²) in [4.78, 5) is 22.1. The Morgan fingerprint density at radius 3 is 2.62 bits per heavy atom. The van der Waals surface area contributed by atoms with Crippen molar-refractivity contribution in [2.45, 2.75) is 30.2 Å². The number of carbonyl (C=O) groups excluding carboxylic acids is 1. The molecule has 1 saturated carbocycles. The van der Waals surface area contributed by atoms with Crippen molar-refractivity contribution in [3.8, 4) is 0 Å². The van der Waals surface area contributed by atoms with Gasteiger partial charge in [0.15, 0.2) is 0 Å². The third-order valence-electron chi connectivity index (χ3n) is 3.22. The number of sulfonamides is 1. The Balaban J connectivity index is 2.14. The molecule has 1 heterocycles. The third-order valence-corrected chi connectivity index (χ3v) is 4.64. The first-order chi connectivity index (χ1) is 9.85. The first-order valence-corrected chi connectivity index (χ1v) is 7.99. The predicted molar refractivity (Wildman–Crippen MR) is 73.5 cm³/mol. The first-order valence-electron chi connectivity index (χ1n) is 6.50. The molecule has 1 amide bonds. The van der Waals surface area contributed by atoms with Crippen molar-refractivity contribution in [1.82, 2.24) is 14.6 Å². The number of nitrogens with one attached hydrogen (secondary N) is 2. The molecule has 1 aromatic rings. The minimum absolute atomic E-state index is 0.0187. The van der Waals surface area contributed by atoms with Crippen LogP contribution in [0.25, 0.3) is 0 Å². The monoisotopic (exact) mass is 315 g/mol. The number of amides is 1. The van der Waals surface area contributed by atoms with Crippen molar-refractivity contribution in [3.63, 3.8) is 0 Å². The summed E-state index contributed by atoms with van der Waals surface area (Å²) in [5.74, 6) is -1.44. The molecule has 0 radical (unpaired) electrons. The van der Waals surface area contributed by atoms with Crippen LogP contribution in [-0.2, 0) is 14.8 Å². The molecule has 1 fully saturated rings. The maximum absolute atomic E-state index is 12.1. The fraction of sp³-hybridized carbons (Fsp3) is 0.500. The molecule has 0 unspecified atom stereocenters. The molecule has 116 valence electrons. The molecule has 8 nitrogen and oxygen atoms in total. The van der Waals surface area contributed by atoms with Crippen molar-refractivity contribution in [2.24, 2.45) is 0 Å². The fourth-order valence-corrected chi connectivity index (χ4v) is 2.99. The van der Waals surface area contributed by atoms with E-state index >= 15 is 0 Å². The smallest absolute Gasteiger partial charge is 0.352 e. The summed E-state index contributed by atoms with van der Waals surface area (Å²) in [6.45, 7) is -0.0426. The second-order valence-electron chi connectivity index (χ2n) is 4.83. The van der Waals surface area contributed by atoms with Gasteiger partial charge in [0, 0.05) is 32.3 Å². The van der Waals surface area contributed by atoms with E-state index < -0.39 is 16.0 Å². The Morgan fingerprint density at radius 2 is 2.10 bits per heavy atom.